The molecule has 4 heteroatoms. The van der Waals surface area contributed by atoms with Crippen molar-refractivity contribution in [1.82, 2.24) is 9.88 Å². The molecule has 166 valence electrons. The molecule has 0 unspecified atom stereocenters. The van der Waals surface area contributed by atoms with Crippen LogP contribution in [0.2, 0.25) is 0 Å². The number of hydrogen-bond acceptors (Lipinski definition) is 1. The molecule has 0 amide bonds. The van der Waals surface area contributed by atoms with Crippen molar-refractivity contribution < 1.29 is 8.78 Å². The smallest absolute Gasteiger partial charge is 0.131 e. The van der Waals surface area contributed by atoms with Crippen LogP contribution in [-0.4, -0.2) is 22.5 Å². The molecule has 2 heterocycles. The van der Waals surface area contributed by atoms with Crippen molar-refractivity contribution >= 4 is 17.0 Å². The van der Waals surface area contributed by atoms with E-state index in [1.807, 2.05) is 25.1 Å². The summed E-state index contributed by atoms with van der Waals surface area (Å²) >= 11 is 0. The number of nitrogens with one attached hydrogen (secondary N) is 1. The van der Waals surface area contributed by atoms with Gasteiger partial charge in [-0.1, -0.05) is 30.4 Å². The molecule has 2 bridgehead atoms. The first-order valence-electron chi connectivity index (χ1n) is 11.9. The van der Waals surface area contributed by atoms with Crippen molar-refractivity contribution in [3.63, 3.8) is 0 Å². The fourth-order valence-electron chi connectivity index (χ4n) is 6.90. The number of aromatic nitrogens is 1. The van der Waals surface area contributed by atoms with E-state index in [1.54, 1.807) is 6.08 Å². The van der Waals surface area contributed by atoms with Gasteiger partial charge in [0.05, 0.1) is 6.04 Å². The van der Waals surface area contributed by atoms with Gasteiger partial charge < -0.3 is 4.98 Å². The fourth-order valence-corrected chi connectivity index (χ4v) is 6.90. The first-order valence-corrected chi connectivity index (χ1v) is 11.9. The quantitative estimate of drug-likeness (QED) is 0.470. The minimum absolute atomic E-state index is 0.183. The third kappa shape index (κ3) is 2.99. The molecule has 3 fully saturated rings. The number of hydrogen-bond donors (Lipinski definition) is 1. The Bertz CT molecular complexity index is 1190. The molecule has 0 radical (unpaired) electrons. The highest BCUT2D eigenvalue weighted by Gasteiger charge is 2.52. The van der Waals surface area contributed by atoms with Crippen LogP contribution >= 0.6 is 0 Å². The Hall–Kier alpha value is -2.46. The summed E-state index contributed by atoms with van der Waals surface area (Å²) in [5, 5.41) is 1.17. The summed E-state index contributed by atoms with van der Waals surface area (Å²) in [4.78, 5) is 5.97. The van der Waals surface area contributed by atoms with Gasteiger partial charge in [-0.15, -0.1) is 0 Å². The number of nitrogens with zero attached hydrogens (tertiary/aromatic N) is 1. The predicted molar refractivity (Wildman–Crippen MR) is 125 cm³/mol. The average molecular weight is 433 g/mol. The van der Waals surface area contributed by atoms with E-state index in [0.29, 0.717) is 11.0 Å². The van der Waals surface area contributed by atoms with Crippen molar-refractivity contribution in [2.24, 2.45) is 11.3 Å². The molecule has 3 aromatic rings. The summed E-state index contributed by atoms with van der Waals surface area (Å²) in [6.45, 7) is 5.00. The molecular weight excluding hydrogens is 402 g/mol. The van der Waals surface area contributed by atoms with Gasteiger partial charge in [0.1, 0.15) is 11.6 Å². The molecule has 2 aromatic carbocycles. The lowest BCUT2D eigenvalue weighted by Crippen LogP contribution is -2.50. The Morgan fingerprint density at radius 3 is 2.59 bits per heavy atom. The van der Waals surface area contributed by atoms with E-state index in [4.69, 9.17) is 0 Å². The Kier molecular flexibility index (Phi) is 4.59. The van der Waals surface area contributed by atoms with Crippen LogP contribution in [0.25, 0.3) is 17.0 Å². The second kappa shape index (κ2) is 7.28. The standard InChI is InChI=1S/C28H30F2N2/c1-3-6-18-12-22(29)25(23(30)13-18)27-26-21(20-7-4-5-8-24(20)31-26)11-17(2)32(27)16-28-10-9-19(14-28)15-28/h3-8,12-13,17,19,27,31H,9-11,14-16H2,1-2H3/b6-3+/t17-,19?,27-,28?/m1/s1. The lowest BCUT2D eigenvalue weighted by atomic mass is 9.68. The molecule has 2 atom stereocenters. The number of aromatic amines is 1. The van der Waals surface area contributed by atoms with Crippen molar-refractivity contribution in [3.05, 3.63) is 76.5 Å². The van der Waals surface area contributed by atoms with Gasteiger partial charge in [-0.3, -0.25) is 4.90 Å². The van der Waals surface area contributed by atoms with E-state index < -0.39 is 17.7 Å². The number of benzene rings is 2. The van der Waals surface area contributed by atoms with Crippen molar-refractivity contribution in [1.29, 1.82) is 0 Å². The Morgan fingerprint density at radius 1 is 1.16 bits per heavy atom. The number of allylic oxidation sites excluding steroid dienone is 1. The van der Waals surface area contributed by atoms with E-state index in [2.05, 4.69) is 28.9 Å². The molecule has 4 aliphatic rings. The number of halogens is 2. The van der Waals surface area contributed by atoms with Gasteiger partial charge in [0.2, 0.25) is 0 Å². The van der Waals surface area contributed by atoms with Crippen LogP contribution in [0.1, 0.15) is 68.0 Å². The summed E-state index contributed by atoms with van der Waals surface area (Å²) in [7, 11) is 0. The van der Waals surface area contributed by atoms with Crippen LogP contribution in [0.15, 0.2) is 42.5 Å². The zero-order chi connectivity index (χ0) is 22.0. The maximum Gasteiger partial charge on any atom is 0.131 e. The summed E-state index contributed by atoms with van der Waals surface area (Å²) in [5.41, 5.74) is 4.30. The minimum atomic E-state index is -0.456. The number of para-hydroxylation sites is 1. The first-order chi connectivity index (χ1) is 15.5. The normalized spacial score (nSPS) is 29.6. The second-order valence-corrected chi connectivity index (χ2v) is 10.4. The Morgan fingerprint density at radius 2 is 1.91 bits per heavy atom. The third-order valence-corrected chi connectivity index (χ3v) is 8.30. The third-order valence-electron chi connectivity index (χ3n) is 8.30. The predicted octanol–water partition coefficient (Wildman–Crippen LogP) is 7.01. The summed E-state index contributed by atoms with van der Waals surface area (Å²) < 4.78 is 31.1. The van der Waals surface area contributed by atoms with Crippen LogP contribution in [0.3, 0.4) is 0 Å². The number of H-pyrrole nitrogens is 1. The average Bonchev–Trinajstić information content (AvgIpc) is 3.42. The molecule has 3 aliphatic carbocycles. The number of fused-ring (bicyclic) bond motifs is 4. The molecule has 3 saturated carbocycles. The van der Waals surface area contributed by atoms with E-state index in [9.17, 15) is 0 Å². The van der Waals surface area contributed by atoms with Gasteiger partial charge >= 0.3 is 0 Å². The van der Waals surface area contributed by atoms with Crippen LogP contribution in [0, 0.1) is 23.0 Å². The van der Waals surface area contributed by atoms with Gasteiger partial charge in [0.15, 0.2) is 0 Å². The molecule has 7 rings (SSSR count). The van der Waals surface area contributed by atoms with Crippen LogP contribution in [0.5, 0.6) is 0 Å². The molecule has 2 nitrogen and oxygen atoms in total. The zero-order valence-corrected chi connectivity index (χ0v) is 18.8. The minimum Gasteiger partial charge on any atom is -0.357 e. The van der Waals surface area contributed by atoms with Gasteiger partial charge in [-0.05, 0) is 86.6 Å². The molecule has 1 aliphatic heterocycles. The van der Waals surface area contributed by atoms with Crippen LogP contribution in [0.4, 0.5) is 8.78 Å². The largest absolute Gasteiger partial charge is 0.357 e. The van der Waals surface area contributed by atoms with E-state index in [1.165, 1.54) is 48.8 Å². The van der Waals surface area contributed by atoms with Gasteiger partial charge in [0.25, 0.3) is 0 Å². The van der Waals surface area contributed by atoms with Crippen molar-refractivity contribution in [2.45, 2.75) is 58.0 Å². The van der Waals surface area contributed by atoms with Crippen molar-refractivity contribution in [2.75, 3.05) is 6.54 Å². The molecule has 0 spiro atoms. The highest BCUT2D eigenvalue weighted by atomic mass is 19.1. The Labute approximate surface area is 188 Å². The van der Waals surface area contributed by atoms with Gasteiger partial charge in [0, 0.05) is 34.7 Å². The molecule has 1 aromatic heterocycles. The maximum absolute atomic E-state index is 15.6. The highest BCUT2D eigenvalue weighted by Crippen LogP contribution is 2.60. The SMILES string of the molecule is C/C=C/c1cc(F)c([C@@H]2c3[nH]c4ccccc4c3C[C@@H](C)N2CC23CCC(C2)C3)c(F)c1. The van der Waals surface area contributed by atoms with Crippen LogP contribution in [-0.2, 0) is 6.42 Å². The Balaban J connectivity index is 1.52. The first kappa shape index (κ1) is 20.2. The lowest BCUT2D eigenvalue weighted by molar-refractivity contribution is 0.0315. The van der Waals surface area contributed by atoms with Gasteiger partial charge in [-0.25, -0.2) is 8.78 Å². The topological polar surface area (TPSA) is 19.0 Å². The van der Waals surface area contributed by atoms with E-state index >= 15 is 8.78 Å². The molecule has 0 saturated heterocycles. The number of rotatable bonds is 4. The molecule has 1 N–H and O–H groups in total. The van der Waals surface area contributed by atoms with Gasteiger partial charge in [-0.2, -0.15) is 0 Å². The molecule has 32 heavy (non-hydrogen) atoms. The highest BCUT2D eigenvalue weighted by molar-refractivity contribution is 5.85. The zero-order valence-electron chi connectivity index (χ0n) is 18.8. The summed E-state index contributed by atoms with van der Waals surface area (Å²) in [5.74, 6) is -0.0461. The monoisotopic (exact) mass is 432 g/mol. The fraction of sp³-hybridized carbons (Fsp3) is 0.429. The molecular formula is C28H30F2N2. The van der Waals surface area contributed by atoms with Crippen molar-refractivity contribution in [3.8, 4) is 0 Å². The summed E-state index contributed by atoms with van der Waals surface area (Å²) in [6.07, 6.45) is 9.56. The maximum atomic E-state index is 15.6. The van der Waals surface area contributed by atoms with Crippen LogP contribution < -0.4 is 0 Å². The second-order valence-electron chi connectivity index (χ2n) is 10.4. The lowest BCUT2D eigenvalue weighted by Gasteiger charge is -2.48. The summed E-state index contributed by atoms with van der Waals surface area (Å²) in [6, 6.07) is 11.0. The van der Waals surface area contributed by atoms with E-state index in [-0.39, 0.29) is 11.6 Å². The van der Waals surface area contributed by atoms with E-state index in [0.717, 1.165) is 30.1 Å².